The molecule has 0 saturated carbocycles. The lowest BCUT2D eigenvalue weighted by molar-refractivity contribution is -0.269. The molecule has 0 fully saturated rings. The number of aromatic nitrogens is 4. The Bertz CT molecular complexity index is 1320. The molecule has 170 valence electrons. The van der Waals surface area contributed by atoms with Crippen molar-refractivity contribution in [3.05, 3.63) is 77.7 Å². The van der Waals surface area contributed by atoms with Gasteiger partial charge in [-0.25, -0.2) is 9.67 Å². The molecule has 10 heteroatoms. The third-order valence-corrected chi connectivity index (χ3v) is 5.50. The maximum Gasteiger partial charge on any atom is 0.423 e. The Morgan fingerprint density at radius 1 is 1.12 bits per heavy atom. The van der Waals surface area contributed by atoms with Crippen LogP contribution >= 0.6 is 0 Å². The van der Waals surface area contributed by atoms with Crippen LogP contribution in [-0.2, 0) is 12.1 Å². The van der Waals surface area contributed by atoms with Gasteiger partial charge in [0, 0.05) is 5.39 Å². The zero-order valence-electron chi connectivity index (χ0n) is 17.5. The third kappa shape index (κ3) is 4.17. The molecule has 3 N–H and O–H groups in total. The summed E-state index contributed by atoms with van der Waals surface area (Å²) in [7, 11) is 0. The van der Waals surface area contributed by atoms with Crippen LogP contribution in [0.2, 0.25) is 0 Å². The van der Waals surface area contributed by atoms with Crippen molar-refractivity contribution in [1.29, 1.82) is 0 Å². The molecule has 0 aliphatic carbocycles. The van der Waals surface area contributed by atoms with E-state index in [0.29, 0.717) is 11.1 Å². The molecule has 0 aliphatic heterocycles. The minimum atomic E-state index is -4.88. The quantitative estimate of drug-likeness (QED) is 0.460. The maximum atomic E-state index is 13.3. The number of halogens is 3. The first kappa shape index (κ1) is 22.4. The first-order valence-corrected chi connectivity index (χ1v) is 10.1. The van der Waals surface area contributed by atoms with Crippen molar-refractivity contribution in [3.63, 3.8) is 0 Å². The highest BCUT2D eigenvalue weighted by molar-refractivity contribution is 6.00. The first-order valence-electron chi connectivity index (χ1n) is 10.1. The molecular weight excluding hydrogens is 435 g/mol. The number of rotatable bonds is 6. The number of hydrogen-bond acceptors (Lipinski definition) is 5. The Labute approximate surface area is 186 Å². The van der Waals surface area contributed by atoms with Crippen LogP contribution in [0, 0.1) is 0 Å². The van der Waals surface area contributed by atoms with Crippen molar-refractivity contribution >= 4 is 16.8 Å². The standard InChI is InChI=1S/C23H20F3N5O2/c1-2-22(33,23(24,25)26)20-13-31(30-29-20)12-14-8-9-16-17(15-6-4-3-5-7-15)11-19(21(27)32)28-18(16)10-14/h3-11,13,33H,2,12H2,1H3,(H2,27,32). The Hall–Kier alpha value is -3.79. The van der Waals surface area contributed by atoms with E-state index in [1.807, 2.05) is 36.4 Å². The van der Waals surface area contributed by atoms with E-state index >= 15 is 0 Å². The number of nitrogens with two attached hydrogens (primary N) is 1. The van der Waals surface area contributed by atoms with Crippen molar-refractivity contribution in [2.75, 3.05) is 0 Å². The normalized spacial score (nSPS) is 13.7. The van der Waals surface area contributed by atoms with Crippen LogP contribution in [0.4, 0.5) is 13.2 Å². The van der Waals surface area contributed by atoms with Crippen LogP contribution in [-0.4, -0.2) is 37.2 Å². The number of pyridine rings is 1. The van der Waals surface area contributed by atoms with Gasteiger partial charge >= 0.3 is 6.18 Å². The van der Waals surface area contributed by atoms with Crippen LogP contribution in [0.3, 0.4) is 0 Å². The fourth-order valence-corrected chi connectivity index (χ4v) is 3.63. The Morgan fingerprint density at radius 2 is 1.85 bits per heavy atom. The molecule has 33 heavy (non-hydrogen) atoms. The summed E-state index contributed by atoms with van der Waals surface area (Å²) in [4.78, 5) is 16.2. The Morgan fingerprint density at radius 3 is 2.48 bits per heavy atom. The lowest BCUT2D eigenvalue weighted by atomic mass is 9.96. The van der Waals surface area contributed by atoms with Crippen LogP contribution in [0.15, 0.2) is 60.8 Å². The largest absolute Gasteiger partial charge is 0.423 e. The van der Waals surface area contributed by atoms with Gasteiger partial charge in [0.05, 0.1) is 18.3 Å². The van der Waals surface area contributed by atoms with Gasteiger partial charge in [0.2, 0.25) is 5.60 Å². The van der Waals surface area contributed by atoms with Crippen LogP contribution < -0.4 is 5.73 Å². The van der Waals surface area contributed by atoms with Crippen molar-refractivity contribution in [1.82, 2.24) is 20.0 Å². The highest BCUT2D eigenvalue weighted by Gasteiger charge is 2.55. The summed E-state index contributed by atoms with van der Waals surface area (Å²) in [5.74, 6) is -0.675. The monoisotopic (exact) mass is 455 g/mol. The van der Waals surface area contributed by atoms with Crippen molar-refractivity contribution < 1.29 is 23.1 Å². The topological polar surface area (TPSA) is 107 Å². The molecule has 0 aliphatic rings. The SMILES string of the molecule is CCC(O)(c1cn(Cc2ccc3c(-c4ccccc4)cc(C(N)=O)nc3c2)nn1)C(F)(F)F. The second-order valence-electron chi connectivity index (χ2n) is 7.65. The van der Waals surface area contributed by atoms with E-state index in [1.54, 1.807) is 18.2 Å². The molecule has 4 aromatic rings. The number of benzene rings is 2. The molecule has 0 bridgehead atoms. The number of primary amides is 1. The predicted octanol–water partition coefficient (Wildman–Crippen LogP) is 3.80. The summed E-state index contributed by atoms with van der Waals surface area (Å²) < 4.78 is 41.1. The van der Waals surface area contributed by atoms with E-state index in [1.165, 1.54) is 11.6 Å². The van der Waals surface area contributed by atoms with Crippen molar-refractivity contribution in [3.8, 4) is 11.1 Å². The number of aliphatic hydroxyl groups is 1. The fourth-order valence-electron chi connectivity index (χ4n) is 3.63. The Balaban J connectivity index is 1.72. The van der Waals surface area contributed by atoms with Gasteiger partial charge in [-0.05, 0) is 35.2 Å². The van der Waals surface area contributed by atoms with Crippen LogP contribution in [0.1, 0.15) is 35.1 Å². The smallest absolute Gasteiger partial charge is 0.375 e. The number of hydrogen-bond donors (Lipinski definition) is 2. The third-order valence-electron chi connectivity index (χ3n) is 5.50. The van der Waals surface area contributed by atoms with E-state index in [9.17, 15) is 23.1 Å². The molecule has 4 rings (SSSR count). The average Bonchev–Trinajstić information content (AvgIpc) is 3.26. The minimum absolute atomic E-state index is 0.0870. The van der Waals surface area contributed by atoms with Gasteiger partial charge in [0.25, 0.3) is 5.91 Å². The van der Waals surface area contributed by atoms with Gasteiger partial charge in [-0.1, -0.05) is 54.6 Å². The minimum Gasteiger partial charge on any atom is -0.375 e. The molecule has 1 unspecified atom stereocenters. The van der Waals surface area contributed by atoms with Crippen LogP contribution in [0.25, 0.3) is 22.0 Å². The number of alkyl halides is 3. The first-order chi connectivity index (χ1) is 15.6. The summed E-state index contributed by atoms with van der Waals surface area (Å²) in [6.45, 7) is 1.31. The zero-order valence-corrected chi connectivity index (χ0v) is 17.5. The number of carbonyl (C=O) groups excluding carboxylic acids is 1. The summed E-state index contributed by atoms with van der Waals surface area (Å²) in [5, 5.41) is 18.1. The zero-order chi connectivity index (χ0) is 23.8. The van der Waals surface area contributed by atoms with E-state index in [-0.39, 0.29) is 12.2 Å². The van der Waals surface area contributed by atoms with Gasteiger partial charge in [-0.15, -0.1) is 5.10 Å². The highest BCUT2D eigenvalue weighted by atomic mass is 19.4. The molecule has 0 radical (unpaired) electrons. The van der Waals surface area contributed by atoms with Crippen molar-refractivity contribution in [2.45, 2.75) is 31.7 Å². The lowest BCUT2D eigenvalue weighted by Gasteiger charge is -2.26. The predicted molar refractivity (Wildman–Crippen MR) is 115 cm³/mol. The number of carbonyl (C=O) groups is 1. The van der Waals surface area contributed by atoms with Gasteiger partial charge in [0.15, 0.2) is 0 Å². The van der Waals surface area contributed by atoms with E-state index in [4.69, 9.17) is 5.73 Å². The van der Waals surface area contributed by atoms with Gasteiger partial charge < -0.3 is 10.8 Å². The molecule has 1 amide bonds. The number of amides is 1. The Kier molecular flexibility index (Phi) is 5.62. The maximum absolute atomic E-state index is 13.3. The molecule has 7 nitrogen and oxygen atoms in total. The second-order valence-corrected chi connectivity index (χ2v) is 7.65. The van der Waals surface area contributed by atoms with Gasteiger partial charge in [-0.3, -0.25) is 4.79 Å². The van der Waals surface area contributed by atoms with Crippen molar-refractivity contribution in [2.24, 2.45) is 5.73 Å². The fraction of sp³-hybridized carbons (Fsp3) is 0.217. The van der Waals surface area contributed by atoms with E-state index in [2.05, 4.69) is 15.3 Å². The molecule has 2 aromatic carbocycles. The summed E-state index contributed by atoms with van der Waals surface area (Å²) >= 11 is 0. The molecule has 0 spiro atoms. The van der Waals surface area contributed by atoms with Gasteiger partial charge in [0.1, 0.15) is 11.4 Å². The average molecular weight is 455 g/mol. The molecule has 1 atom stereocenters. The number of fused-ring (bicyclic) bond motifs is 1. The second kappa shape index (κ2) is 8.28. The van der Waals surface area contributed by atoms with E-state index in [0.717, 1.165) is 22.7 Å². The van der Waals surface area contributed by atoms with Crippen LogP contribution in [0.5, 0.6) is 0 Å². The molecule has 2 heterocycles. The highest BCUT2D eigenvalue weighted by Crippen LogP contribution is 2.40. The summed E-state index contributed by atoms with van der Waals surface area (Å²) in [5.41, 5.74) is 4.75. The lowest BCUT2D eigenvalue weighted by Crippen LogP contribution is -2.42. The molecular formula is C23H20F3N5O2. The summed E-state index contributed by atoms with van der Waals surface area (Å²) in [6.07, 6.45) is -4.40. The summed E-state index contributed by atoms with van der Waals surface area (Å²) in [6, 6.07) is 16.4. The van der Waals surface area contributed by atoms with E-state index < -0.39 is 29.8 Å². The molecule has 2 aromatic heterocycles. The molecule has 0 saturated heterocycles. The van der Waals surface area contributed by atoms with Gasteiger partial charge in [-0.2, -0.15) is 13.2 Å². The number of nitrogens with zero attached hydrogens (tertiary/aromatic N) is 4.